The second kappa shape index (κ2) is 9.47. The first-order chi connectivity index (χ1) is 9.47. The second-order valence-electron chi connectivity index (χ2n) is 5.08. The highest BCUT2D eigenvalue weighted by Gasteiger charge is 2.18. The maximum Gasteiger partial charge on any atom is 0.320 e. The third-order valence-corrected chi connectivity index (χ3v) is 3.04. The number of hydrogen-bond acceptors (Lipinski definition) is 4. The van der Waals surface area contributed by atoms with E-state index < -0.39 is 12.0 Å². The first-order valence-corrected chi connectivity index (χ1v) is 6.65. The molecule has 0 saturated heterocycles. The van der Waals surface area contributed by atoms with E-state index in [0.717, 1.165) is 5.56 Å². The summed E-state index contributed by atoms with van der Waals surface area (Å²) in [6.07, 6.45) is 0.591. The van der Waals surface area contributed by atoms with Gasteiger partial charge in [-0.3, -0.25) is 4.79 Å². The SMILES string of the molecule is COc1ccc(CN[C@@H](CC(C)C)C(=O)O)c(OC)c1.Cl. The number of hydrogen-bond donors (Lipinski definition) is 2. The Hall–Kier alpha value is -1.46. The van der Waals surface area contributed by atoms with Gasteiger partial charge >= 0.3 is 5.97 Å². The molecular weight excluding hydrogens is 294 g/mol. The molecule has 0 aliphatic rings. The van der Waals surface area contributed by atoms with Crippen LogP contribution in [0.1, 0.15) is 25.8 Å². The summed E-state index contributed by atoms with van der Waals surface area (Å²) < 4.78 is 10.4. The minimum atomic E-state index is -0.828. The van der Waals surface area contributed by atoms with Gasteiger partial charge in [0.05, 0.1) is 14.2 Å². The molecule has 0 aliphatic carbocycles. The average Bonchev–Trinajstić information content (AvgIpc) is 2.42. The first-order valence-electron chi connectivity index (χ1n) is 6.65. The highest BCUT2D eigenvalue weighted by Crippen LogP contribution is 2.24. The molecule has 1 atom stereocenters. The molecule has 1 aromatic rings. The predicted molar refractivity (Wildman–Crippen MR) is 84.5 cm³/mol. The van der Waals surface area contributed by atoms with Gasteiger partial charge in [-0.25, -0.2) is 0 Å². The molecular formula is C15H24ClNO4. The zero-order chi connectivity index (χ0) is 15.1. The van der Waals surface area contributed by atoms with Gasteiger partial charge in [0, 0.05) is 18.2 Å². The molecule has 0 bridgehead atoms. The monoisotopic (exact) mass is 317 g/mol. The van der Waals surface area contributed by atoms with Crippen LogP contribution in [0.15, 0.2) is 18.2 Å². The Morgan fingerprint density at radius 2 is 1.95 bits per heavy atom. The number of carboxylic acids is 1. The summed E-state index contributed by atoms with van der Waals surface area (Å²) in [4.78, 5) is 11.2. The molecule has 0 fully saturated rings. The van der Waals surface area contributed by atoms with E-state index in [0.29, 0.717) is 30.4 Å². The lowest BCUT2D eigenvalue weighted by atomic mass is 10.0. The zero-order valence-electron chi connectivity index (χ0n) is 12.9. The van der Waals surface area contributed by atoms with Crippen molar-refractivity contribution in [1.82, 2.24) is 5.32 Å². The number of ether oxygens (including phenoxy) is 2. The normalized spacial score (nSPS) is 11.7. The van der Waals surface area contributed by atoms with Gasteiger partial charge in [0.25, 0.3) is 0 Å². The van der Waals surface area contributed by atoms with Crippen molar-refractivity contribution < 1.29 is 19.4 Å². The van der Waals surface area contributed by atoms with Gasteiger partial charge in [-0.15, -0.1) is 12.4 Å². The van der Waals surface area contributed by atoms with Crippen molar-refractivity contribution in [2.45, 2.75) is 32.9 Å². The Morgan fingerprint density at radius 3 is 2.43 bits per heavy atom. The fraction of sp³-hybridized carbons (Fsp3) is 0.533. The molecule has 0 heterocycles. The van der Waals surface area contributed by atoms with Gasteiger partial charge in [0.2, 0.25) is 0 Å². The third kappa shape index (κ3) is 6.23. The summed E-state index contributed by atoms with van der Waals surface area (Å²) >= 11 is 0. The van der Waals surface area contributed by atoms with Crippen molar-refractivity contribution in [2.75, 3.05) is 14.2 Å². The van der Waals surface area contributed by atoms with Crippen LogP contribution in [0.3, 0.4) is 0 Å². The summed E-state index contributed by atoms with van der Waals surface area (Å²) in [6, 6.07) is 4.94. The number of rotatable bonds is 8. The molecule has 1 rings (SSSR count). The largest absolute Gasteiger partial charge is 0.497 e. The second-order valence-corrected chi connectivity index (χ2v) is 5.08. The molecule has 0 saturated carbocycles. The maximum atomic E-state index is 11.2. The summed E-state index contributed by atoms with van der Waals surface area (Å²) in [5.41, 5.74) is 0.906. The summed E-state index contributed by atoms with van der Waals surface area (Å²) in [5, 5.41) is 12.3. The quantitative estimate of drug-likeness (QED) is 0.771. The van der Waals surface area contributed by atoms with E-state index in [2.05, 4.69) is 5.32 Å². The molecule has 6 heteroatoms. The van der Waals surface area contributed by atoms with E-state index in [4.69, 9.17) is 9.47 Å². The van der Waals surface area contributed by atoms with Gasteiger partial charge in [0.15, 0.2) is 0 Å². The van der Waals surface area contributed by atoms with Crippen LogP contribution in [0.2, 0.25) is 0 Å². The smallest absolute Gasteiger partial charge is 0.320 e. The third-order valence-electron chi connectivity index (χ3n) is 3.04. The van der Waals surface area contributed by atoms with Gasteiger partial charge in [-0.05, 0) is 18.4 Å². The van der Waals surface area contributed by atoms with Crippen LogP contribution in [-0.4, -0.2) is 31.3 Å². The molecule has 5 nitrogen and oxygen atoms in total. The first kappa shape index (κ1) is 19.5. The van der Waals surface area contributed by atoms with Crippen molar-refractivity contribution in [2.24, 2.45) is 5.92 Å². The van der Waals surface area contributed by atoms with Crippen LogP contribution in [0.25, 0.3) is 0 Å². The van der Waals surface area contributed by atoms with Crippen LogP contribution < -0.4 is 14.8 Å². The Bertz CT molecular complexity index is 451. The Morgan fingerprint density at radius 1 is 1.29 bits per heavy atom. The number of carboxylic acid groups (broad SMARTS) is 1. The van der Waals surface area contributed by atoms with E-state index in [1.165, 1.54) is 0 Å². The van der Waals surface area contributed by atoms with Crippen molar-refractivity contribution >= 4 is 18.4 Å². The minimum Gasteiger partial charge on any atom is -0.497 e. The molecule has 1 aromatic carbocycles. The van der Waals surface area contributed by atoms with Gasteiger partial charge in [-0.2, -0.15) is 0 Å². The number of methoxy groups -OCH3 is 2. The van der Waals surface area contributed by atoms with E-state index in [9.17, 15) is 9.90 Å². The van der Waals surface area contributed by atoms with Crippen LogP contribution in [0, 0.1) is 5.92 Å². The molecule has 0 unspecified atom stereocenters. The predicted octanol–water partition coefficient (Wildman–Crippen LogP) is 2.71. The van der Waals surface area contributed by atoms with Crippen molar-refractivity contribution in [3.8, 4) is 11.5 Å². The fourth-order valence-electron chi connectivity index (χ4n) is 1.97. The molecule has 0 radical (unpaired) electrons. The average molecular weight is 318 g/mol. The molecule has 0 aromatic heterocycles. The van der Waals surface area contributed by atoms with Crippen molar-refractivity contribution in [3.63, 3.8) is 0 Å². The van der Waals surface area contributed by atoms with E-state index in [1.54, 1.807) is 20.3 Å². The molecule has 21 heavy (non-hydrogen) atoms. The van der Waals surface area contributed by atoms with Crippen molar-refractivity contribution in [3.05, 3.63) is 23.8 Å². The minimum absolute atomic E-state index is 0. The Kier molecular flexibility index (Phi) is 8.81. The van der Waals surface area contributed by atoms with Crippen LogP contribution >= 0.6 is 12.4 Å². The number of nitrogens with one attached hydrogen (secondary N) is 1. The van der Waals surface area contributed by atoms with Gasteiger partial charge < -0.3 is 19.9 Å². The van der Waals surface area contributed by atoms with Crippen LogP contribution in [0.5, 0.6) is 11.5 Å². The number of carbonyl (C=O) groups is 1. The number of benzene rings is 1. The Labute approximate surface area is 132 Å². The standard InChI is InChI=1S/C15H23NO4.ClH/c1-10(2)7-13(15(17)18)16-9-11-5-6-12(19-3)8-14(11)20-4;/h5-6,8,10,13,16H,7,9H2,1-4H3,(H,17,18);1H/t13-;/m0./s1. The van der Waals surface area contributed by atoms with Crippen LogP contribution in [-0.2, 0) is 11.3 Å². The molecule has 0 aliphatic heterocycles. The lowest BCUT2D eigenvalue weighted by Gasteiger charge is -2.17. The summed E-state index contributed by atoms with van der Waals surface area (Å²) in [5.74, 6) is 0.889. The highest BCUT2D eigenvalue weighted by molar-refractivity contribution is 5.85. The van der Waals surface area contributed by atoms with Gasteiger partial charge in [-0.1, -0.05) is 19.9 Å². The topological polar surface area (TPSA) is 67.8 Å². The molecule has 120 valence electrons. The lowest BCUT2D eigenvalue weighted by Crippen LogP contribution is -2.37. The van der Waals surface area contributed by atoms with E-state index >= 15 is 0 Å². The number of aliphatic carboxylic acids is 1. The lowest BCUT2D eigenvalue weighted by molar-refractivity contribution is -0.140. The molecule has 2 N–H and O–H groups in total. The maximum absolute atomic E-state index is 11.2. The van der Waals surface area contributed by atoms with E-state index in [1.807, 2.05) is 26.0 Å². The van der Waals surface area contributed by atoms with E-state index in [-0.39, 0.29) is 12.4 Å². The highest BCUT2D eigenvalue weighted by atomic mass is 35.5. The molecule has 0 amide bonds. The zero-order valence-corrected chi connectivity index (χ0v) is 13.7. The molecule has 0 spiro atoms. The van der Waals surface area contributed by atoms with Crippen LogP contribution in [0.4, 0.5) is 0 Å². The number of halogens is 1. The summed E-state index contributed by atoms with van der Waals surface area (Å²) in [7, 11) is 3.18. The Balaban J connectivity index is 0.00000400. The summed E-state index contributed by atoms with van der Waals surface area (Å²) in [6.45, 7) is 4.45. The fourth-order valence-corrected chi connectivity index (χ4v) is 1.97. The van der Waals surface area contributed by atoms with Gasteiger partial charge in [0.1, 0.15) is 17.5 Å². The van der Waals surface area contributed by atoms with Crippen molar-refractivity contribution in [1.29, 1.82) is 0 Å².